The average molecular weight is 259 g/mol. The van der Waals surface area contributed by atoms with E-state index in [1.54, 1.807) is 23.1 Å². The minimum absolute atomic E-state index is 0.304. The fraction of sp³-hybridized carbons (Fsp3) is 0.800. The average Bonchev–Trinajstić information content (AvgIpc) is 2.98. The van der Waals surface area contributed by atoms with Crippen LogP contribution >= 0.6 is 23.1 Å². The number of hydrogen-bond acceptors (Lipinski definition) is 6. The highest BCUT2D eigenvalue weighted by Gasteiger charge is 2.22. The summed E-state index contributed by atoms with van der Waals surface area (Å²) in [7, 11) is 0. The lowest BCUT2D eigenvalue weighted by Gasteiger charge is -1.96. The Morgan fingerprint density at radius 2 is 2.19 bits per heavy atom. The van der Waals surface area contributed by atoms with Gasteiger partial charge in [-0.1, -0.05) is 29.5 Å². The van der Waals surface area contributed by atoms with Crippen molar-refractivity contribution in [2.24, 2.45) is 0 Å². The van der Waals surface area contributed by atoms with Gasteiger partial charge in [0.1, 0.15) is 0 Å². The first-order valence-corrected chi connectivity index (χ1v) is 7.52. The van der Waals surface area contributed by atoms with E-state index < -0.39 is 0 Å². The number of aromatic nitrogens is 2. The van der Waals surface area contributed by atoms with Crippen LogP contribution in [0.25, 0.3) is 0 Å². The van der Waals surface area contributed by atoms with Crippen LogP contribution in [0.1, 0.15) is 32.1 Å². The van der Waals surface area contributed by atoms with Gasteiger partial charge in [0.25, 0.3) is 0 Å². The molecule has 0 bridgehead atoms. The van der Waals surface area contributed by atoms with E-state index in [0.717, 1.165) is 34.5 Å². The predicted octanol–water partition coefficient (Wildman–Crippen LogP) is 2.37. The van der Waals surface area contributed by atoms with Crippen molar-refractivity contribution in [1.29, 1.82) is 0 Å². The summed E-state index contributed by atoms with van der Waals surface area (Å²) in [6, 6.07) is 0.648. The van der Waals surface area contributed by atoms with Crippen LogP contribution in [-0.4, -0.2) is 33.7 Å². The van der Waals surface area contributed by atoms with E-state index in [9.17, 15) is 0 Å². The fourth-order valence-electron chi connectivity index (χ4n) is 1.28. The second-order valence-electron chi connectivity index (χ2n) is 3.92. The minimum atomic E-state index is 0.304. The zero-order valence-electron chi connectivity index (χ0n) is 9.19. The molecule has 0 radical (unpaired) electrons. The molecule has 0 spiro atoms. The molecule has 0 atom stereocenters. The largest absolute Gasteiger partial charge is 0.396 e. The third kappa shape index (κ3) is 4.27. The van der Waals surface area contributed by atoms with Gasteiger partial charge in [0.15, 0.2) is 4.34 Å². The molecule has 2 rings (SSSR count). The summed E-state index contributed by atoms with van der Waals surface area (Å²) in [6.45, 7) is 0.304. The topological polar surface area (TPSA) is 58.0 Å². The Kier molecular flexibility index (Phi) is 4.87. The molecule has 0 aromatic carbocycles. The third-order valence-electron chi connectivity index (χ3n) is 2.34. The Morgan fingerprint density at radius 1 is 1.31 bits per heavy atom. The first kappa shape index (κ1) is 12.1. The van der Waals surface area contributed by atoms with Crippen LogP contribution in [0.4, 0.5) is 5.13 Å². The molecule has 1 aromatic heterocycles. The normalized spacial score (nSPS) is 15.3. The van der Waals surface area contributed by atoms with Gasteiger partial charge in [0.2, 0.25) is 5.13 Å². The molecule has 90 valence electrons. The number of aliphatic hydroxyl groups is 1. The highest BCUT2D eigenvalue weighted by Crippen LogP contribution is 2.30. The van der Waals surface area contributed by atoms with E-state index in [4.69, 9.17) is 5.11 Å². The Morgan fingerprint density at radius 3 is 2.94 bits per heavy atom. The molecule has 0 aliphatic heterocycles. The van der Waals surface area contributed by atoms with Gasteiger partial charge in [-0.15, -0.1) is 10.2 Å². The van der Waals surface area contributed by atoms with E-state index in [1.165, 1.54) is 12.8 Å². The van der Waals surface area contributed by atoms with Gasteiger partial charge < -0.3 is 10.4 Å². The lowest BCUT2D eigenvalue weighted by molar-refractivity contribution is 0.284. The third-order valence-corrected chi connectivity index (χ3v) is 4.41. The summed E-state index contributed by atoms with van der Waals surface area (Å²) in [5, 5.41) is 21.2. The Balaban J connectivity index is 1.62. The highest BCUT2D eigenvalue weighted by atomic mass is 32.2. The fourth-order valence-corrected chi connectivity index (χ4v) is 3.18. The summed E-state index contributed by atoms with van der Waals surface area (Å²) in [5.74, 6) is 1.07. The van der Waals surface area contributed by atoms with E-state index in [1.807, 2.05) is 0 Å². The monoisotopic (exact) mass is 259 g/mol. The smallest absolute Gasteiger partial charge is 0.206 e. The molecule has 0 amide bonds. The Labute approximate surface area is 104 Å². The van der Waals surface area contributed by atoms with Crippen molar-refractivity contribution in [3.05, 3.63) is 0 Å². The van der Waals surface area contributed by atoms with Gasteiger partial charge in [-0.25, -0.2) is 0 Å². The SMILES string of the molecule is OCCCCCSc1nnc(NC2CC2)s1. The molecule has 1 aromatic rings. The lowest BCUT2D eigenvalue weighted by Crippen LogP contribution is -1.99. The number of nitrogens with zero attached hydrogens (tertiary/aromatic N) is 2. The maximum absolute atomic E-state index is 8.64. The highest BCUT2D eigenvalue weighted by molar-refractivity contribution is 8.01. The molecule has 6 heteroatoms. The van der Waals surface area contributed by atoms with Crippen LogP contribution in [0.5, 0.6) is 0 Å². The van der Waals surface area contributed by atoms with Crippen LogP contribution in [-0.2, 0) is 0 Å². The molecular formula is C10H17N3OS2. The second-order valence-corrected chi connectivity index (χ2v) is 6.24. The lowest BCUT2D eigenvalue weighted by atomic mass is 10.3. The molecule has 0 saturated heterocycles. The van der Waals surface area contributed by atoms with Crippen LogP contribution in [0.2, 0.25) is 0 Å². The molecule has 1 fully saturated rings. The number of nitrogens with one attached hydrogen (secondary N) is 1. The zero-order valence-corrected chi connectivity index (χ0v) is 10.8. The predicted molar refractivity (Wildman–Crippen MR) is 68.2 cm³/mol. The van der Waals surface area contributed by atoms with Crippen molar-refractivity contribution in [1.82, 2.24) is 10.2 Å². The van der Waals surface area contributed by atoms with Crippen LogP contribution in [0.3, 0.4) is 0 Å². The molecular weight excluding hydrogens is 242 g/mol. The Bertz CT molecular complexity index is 315. The van der Waals surface area contributed by atoms with Gasteiger partial charge in [-0.3, -0.25) is 0 Å². The standard InChI is InChI=1S/C10H17N3OS2/c14-6-2-1-3-7-15-10-13-12-9(16-10)11-8-4-5-8/h8,14H,1-7H2,(H,11,12). The van der Waals surface area contributed by atoms with E-state index in [2.05, 4.69) is 15.5 Å². The number of rotatable bonds is 8. The maximum atomic E-state index is 8.64. The zero-order chi connectivity index (χ0) is 11.2. The van der Waals surface area contributed by atoms with Crippen molar-refractivity contribution in [2.45, 2.75) is 42.5 Å². The van der Waals surface area contributed by atoms with Crippen molar-refractivity contribution in [3.8, 4) is 0 Å². The molecule has 1 heterocycles. The van der Waals surface area contributed by atoms with E-state index in [-0.39, 0.29) is 0 Å². The minimum Gasteiger partial charge on any atom is -0.396 e. The van der Waals surface area contributed by atoms with Crippen LogP contribution in [0.15, 0.2) is 4.34 Å². The molecule has 2 N–H and O–H groups in total. The van der Waals surface area contributed by atoms with Crippen LogP contribution < -0.4 is 5.32 Å². The second kappa shape index (κ2) is 6.42. The number of aliphatic hydroxyl groups excluding tert-OH is 1. The Hall–Kier alpha value is -0.330. The van der Waals surface area contributed by atoms with Crippen molar-refractivity contribution >= 4 is 28.2 Å². The number of thioether (sulfide) groups is 1. The molecule has 16 heavy (non-hydrogen) atoms. The van der Waals surface area contributed by atoms with Gasteiger partial charge >= 0.3 is 0 Å². The quantitative estimate of drug-likeness (QED) is 0.554. The molecule has 1 saturated carbocycles. The number of hydrogen-bond donors (Lipinski definition) is 2. The molecule has 1 aliphatic rings. The van der Waals surface area contributed by atoms with E-state index in [0.29, 0.717) is 12.6 Å². The summed E-state index contributed by atoms with van der Waals surface area (Å²) in [5.41, 5.74) is 0. The number of unbranched alkanes of at least 4 members (excludes halogenated alkanes) is 2. The van der Waals surface area contributed by atoms with Crippen LogP contribution in [0, 0.1) is 0 Å². The summed E-state index contributed by atoms with van der Waals surface area (Å²) in [6.07, 6.45) is 5.67. The van der Waals surface area contributed by atoms with E-state index >= 15 is 0 Å². The van der Waals surface area contributed by atoms with Gasteiger partial charge in [-0.2, -0.15) is 0 Å². The van der Waals surface area contributed by atoms with Gasteiger partial charge in [0.05, 0.1) is 0 Å². The summed E-state index contributed by atoms with van der Waals surface area (Å²) >= 11 is 3.41. The van der Waals surface area contributed by atoms with Crippen molar-refractivity contribution < 1.29 is 5.11 Å². The number of anilines is 1. The first-order valence-electron chi connectivity index (χ1n) is 5.72. The van der Waals surface area contributed by atoms with Gasteiger partial charge in [-0.05, 0) is 25.7 Å². The molecule has 4 nitrogen and oxygen atoms in total. The van der Waals surface area contributed by atoms with Crippen molar-refractivity contribution in [2.75, 3.05) is 17.7 Å². The maximum Gasteiger partial charge on any atom is 0.206 e. The molecule has 1 aliphatic carbocycles. The molecule has 0 unspecified atom stereocenters. The summed E-state index contributed by atoms with van der Waals surface area (Å²) < 4.78 is 1.05. The first-order chi connectivity index (χ1) is 7.88. The summed E-state index contributed by atoms with van der Waals surface area (Å²) in [4.78, 5) is 0. The van der Waals surface area contributed by atoms with Gasteiger partial charge in [0, 0.05) is 18.4 Å². The van der Waals surface area contributed by atoms with Crippen molar-refractivity contribution in [3.63, 3.8) is 0 Å².